The lowest BCUT2D eigenvalue weighted by Crippen LogP contribution is -2.21. The summed E-state index contributed by atoms with van der Waals surface area (Å²) >= 11 is 0. The van der Waals surface area contributed by atoms with Crippen molar-refractivity contribution in [3.8, 4) is 22.5 Å². The maximum absolute atomic E-state index is 14.1. The zero-order valence-electron chi connectivity index (χ0n) is 16.6. The third-order valence-electron chi connectivity index (χ3n) is 5.84. The molecule has 2 aromatic heterocycles. The molecule has 3 heterocycles. The molecule has 5 rings (SSSR count). The van der Waals surface area contributed by atoms with E-state index < -0.39 is 6.43 Å². The molecule has 1 fully saturated rings. The SMILES string of the molecule is O=CN1CCCC1c1cccc(-c2cc(C(F)F)c3c(-c4ccccc4)n[nH]c3n2)c1. The summed E-state index contributed by atoms with van der Waals surface area (Å²) in [7, 11) is 0. The summed E-state index contributed by atoms with van der Waals surface area (Å²) in [5.74, 6) is 0. The van der Waals surface area contributed by atoms with E-state index in [-0.39, 0.29) is 11.6 Å². The summed E-state index contributed by atoms with van der Waals surface area (Å²) in [5, 5.41) is 7.44. The van der Waals surface area contributed by atoms with E-state index in [9.17, 15) is 13.6 Å². The first-order valence-corrected chi connectivity index (χ1v) is 10.2. The monoisotopic (exact) mass is 418 g/mol. The normalized spacial score (nSPS) is 16.4. The first kappa shape index (κ1) is 19.4. The van der Waals surface area contributed by atoms with Crippen molar-refractivity contribution in [3.05, 3.63) is 71.8 Å². The summed E-state index contributed by atoms with van der Waals surface area (Å²) < 4.78 is 28.1. The van der Waals surface area contributed by atoms with Crippen molar-refractivity contribution in [2.75, 3.05) is 6.54 Å². The van der Waals surface area contributed by atoms with Crippen molar-refractivity contribution in [3.63, 3.8) is 0 Å². The highest BCUT2D eigenvalue weighted by Crippen LogP contribution is 2.37. The van der Waals surface area contributed by atoms with Gasteiger partial charge in [0.05, 0.1) is 17.1 Å². The molecule has 1 aliphatic rings. The number of likely N-dealkylation sites (tertiary alicyclic amines) is 1. The van der Waals surface area contributed by atoms with Crippen LogP contribution in [0.15, 0.2) is 60.7 Å². The second-order valence-electron chi connectivity index (χ2n) is 7.69. The Morgan fingerprint density at radius 1 is 1.06 bits per heavy atom. The number of rotatable bonds is 5. The Bertz CT molecular complexity index is 1240. The molecule has 0 aliphatic carbocycles. The van der Waals surface area contributed by atoms with Gasteiger partial charge in [0.1, 0.15) is 5.69 Å². The van der Waals surface area contributed by atoms with Crippen molar-refractivity contribution >= 4 is 17.4 Å². The first-order chi connectivity index (χ1) is 15.2. The number of hydrogen-bond acceptors (Lipinski definition) is 3. The van der Waals surface area contributed by atoms with Crippen molar-refractivity contribution in [1.82, 2.24) is 20.1 Å². The third-order valence-corrected chi connectivity index (χ3v) is 5.84. The predicted octanol–water partition coefficient (Wildman–Crippen LogP) is 5.52. The van der Waals surface area contributed by atoms with Crippen LogP contribution in [0.25, 0.3) is 33.5 Å². The van der Waals surface area contributed by atoms with Gasteiger partial charge in [0, 0.05) is 23.2 Å². The number of aromatic nitrogens is 3. The fourth-order valence-electron chi connectivity index (χ4n) is 4.36. The summed E-state index contributed by atoms with van der Waals surface area (Å²) in [6.45, 7) is 0.731. The smallest absolute Gasteiger partial charge is 0.264 e. The molecule has 1 saturated heterocycles. The van der Waals surface area contributed by atoms with Gasteiger partial charge in [0.25, 0.3) is 6.43 Å². The Morgan fingerprint density at radius 2 is 1.87 bits per heavy atom. The number of fused-ring (bicyclic) bond motifs is 1. The number of hydrogen-bond donors (Lipinski definition) is 1. The van der Waals surface area contributed by atoms with Crippen LogP contribution in [0.1, 0.15) is 36.4 Å². The minimum absolute atomic E-state index is 0.00703. The van der Waals surface area contributed by atoms with Crippen LogP contribution in [0.3, 0.4) is 0 Å². The lowest BCUT2D eigenvalue weighted by Gasteiger charge is -2.20. The molecule has 1 atom stereocenters. The van der Waals surface area contributed by atoms with Crippen molar-refractivity contribution in [2.24, 2.45) is 0 Å². The Balaban J connectivity index is 1.62. The molecular weight excluding hydrogens is 398 g/mol. The summed E-state index contributed by atoms with van der Waals surface area (Å²) in [6, 6.07) is 18.3. The topological polar surface area (TPSA) is 61.9 Å². The number of alkyl halides is 2. The maximum Gasteiger partial charge on any atom is 0.264 e. The number of benzene rings is 2. The van der Waals surface area contributed by atoms with Gasteiger partial charge >= 0.3 is 0 Å². The molecule has 4 aromatic rings. The van der Waals surface area contributed by atoms with Crippen LogP contribution >= 0.6 is 0 Å². The molecule has 5 nitrogen and oxygen atoms in total. The summed E-state index contributed by atoms with van der Waals surface area (Å²) in [4.78, 5) is 17.7. The van der Waals surface area contributed by atoms with Gasteiger partial charge in [-0.3, -0.25) is 9.89 Å². The number of nitrogens with zero attached hydrogens (tertiary/aromatic N) is 3. The minimum atomic E-state index is -2.67. The molecule has 1 N–H and O–H groups in total. The van der Waals surface area contributed by atoms with Gasteiger partial charge < -0.3 is 4.90 Å². The van der Waals surface area contributed by atoms with Crippen LogP contribution in [0.4, 0.5) is 8.78 Å². The Kier molecular flexibility index (Phi) is 4.94. The van der Waals surface area contributed by atoms with Crippen LogP contribution < -0.4 is 0 Å². The average Bonchev–Trinajstić information content (AvgIpc) is 3.46. The molecule has 156 valence electrons. The molecule has 7 heteroatoms. The van der Waals surface area contributed by atoms with E-state index in [0.29, 0.717) is 22.4 Å². The van der Waals surface area contributed by atoms with Crippen LogP contribution in [-0.4, -0.2) is 33.0 Å². The predicted molar refractivity (Wildman–Crippen MR) is 114 cm³/mol. The number of aromatic amines is 1. The molecule has 2 aromatic carbocycles. The molecule has 1 amide bonds. The standard InChI is InChI=1S/C24H20F2N4O/c25-23(26)18-13-19(16-8-4-9-17(12-16)20-10-5-11-30(20)14-31)27-24-21(18)22(28-29-24)15-6-2-1-3-7-15/h1-4,6-9,12-14,20,23H,5,10-11H2,(H,27,28,29). The van der Waals surface area contributed by atoms with E-state index in [2.05, 4.69) is 15.2 Å². The molecule has 31 heavy (non-hydrogen) atoms. The highest BCUT2D eigenvalue weighted by atomic mass is 19.3. The number of nitrogens with one attached hydrogen (secondary N) is 1. The number of pyridine rings is 1. The largest absolute Gasteiger partial charge is 0.338 e. The highest BCUT2D eigenvalue weighted by molar-refractivity contribution is 5.95. The van der Waals surface area contributed by atoms with Gasteiger partial charge in [-0.2, -0.15) is 5.10 Å². The Morgan fingerprint density at radius 3 is 2.65 bits per heavy atom. The molecule has 1 unspecified atom stereocenters. The van der Waals surface area contributed by atoms with Crippen molar-refractivity contribution in [1.29, 1.82) is 0 Å². The zero-order valence-corrected chi connectivity index (χ0v) is 16.6. The fraction of sp³-hybridized carbons (Fsp3) is 0.208. The summed E-state index contributed by atoms with van der Waals surface area (Å²) in [5.41, 5.74) is 3.60. The lowest BCUT2D eigenvalue weighted by atomic mass is 9.98. The molecule has 0 radical (unpaired) electrons. The quantitative estimate of drug-likeness (QED) is 0.434. The van der Waals surface area contributed by atoms with Gasteiger partial charge in [-0.1, -0.05) is 48.5 Å². The van der Waals surface area contributed by atoms with E-state index in [0.717, 1.165) is 42.5 Å². The van der Waals surface area contributed by atoms with Crippen LogP contribution in [0, 0.1) is 0 Å². The fourth-order valence-corrected chi connectivity index (χ4v) is 4.36. The van der Waals surface area contributed by atoms with E-state index in [1.165, 1.54) is 6.07 Å². The second kappa shape index (κ2) is 7.91. The maximum atomic E-state index is 14.1. The van der Waals surface area contributed by atoms with Gasteiger partial charge in [-0.15, -0.1) is 0 Å². The van der Waals surface area contributed by atoms with Gasteiger partial charge in [0.2, 0.25) is 6.41 Å². The van der Waals surface area contributed by atoms with Crippen LogP contribution in [0.5, 0.6) is 0 Å². The minimum Gasteiger partial charge on any atom is -0.338 e. The van der Waals surface area contributed by atoms with Crippen LogP contribution in [-0.2, 0) is 4.79 Å². The highest BCUT2D eigenvalue weighted by Gasteiger charge is 2.25. The Labute approximate surface area is 177 Å². The average molecular weight is 418 g/mol. The number of H-pyrrole nitrogens is 1. The molecule has 0 spiro atoms. The van der Waals surface area contributed by atoms with E-state index in [1.807, 2.05) is 54.6 Å². The molecule has 0 saturated carbocycles. The van der Waals surface area contributed by atoms with Gasteiger partial charge in [-0.05, 0) is 30.5 Å². The van der Waals surface area contributed by atoms with Crippen molar-refractivity contribution in [2.45, 2.75) is 25.3 Å². The van der Waals surface area contributed by atoms with Gasteiger partial charge in [-0.25, -0.2) is 13.8 Å². The van der Waals surface area contributed by atoms with Gasteiger partial charge in [0.15, 0.2) is 5.65 Å². The first-order valence-electron chi connectivity index (χ1n) is 10.2. The Hall–Kier alpha value is -3.61. The second-order valence-corrected chi connectivity index (χ2v) is 7.69. The lowest BCUT2D eigenvalue weighted by molar-refractivity contribution is -0.118. The molecular formula is C24H20F2N4O. The van der Waals surface area contributed by atoms with Crippen LogP contribution in [0.2, 0.25) is 0 Å². The number of amides is 1. The van der Waals surface area contributed by atoms with E-state index >= 15 is 0 Å². The zero-order chi connectivity index (χ0) is 21.4. The number of carbonyl (C=O) groups excluding carboxylic acids is 1. The van der Waals surface area contributed by atoms with E-state index in [1.54, 1.807) is 4.90 Å². The molecule has 1 aliphatic heterocycles. The third kappa shape index (κ3) is 3.46. The summed E-state index contributed by atoms with van der Waals surface area (Å²) in [6.07, 6.45) is 0.0360. The van der Waals surface area contributed by atoms with Crippen molar-refractivity contribution < 1.29 is 13.6 Å². The molecule has 0 bridgehead atoms. The van der Waals surface area contributed by atoms with E-state index in [4.69, 9.17) is 0 Å². The number of halogens is 2. The number of carbonyl (C=O) groups is 1.